The van der Waals surface area contributed by atoms with E-state index in [1.54, 1.807) is 24.3 Å². The third-order valence-corrected chi connectivity index (χ3v) is 4.72. The van der Waals surface area contributed by atoms with Crippen LogP contribution in [0.25, 0.3) is 0 Å². The number of amides is 1. The second-order valence-electron chi connectivity index (χ2n) is 6.81. The van der Waals surface area contributed by atoms with Crippen molar-refractivity contribution in [3.63, 3.8) is 0 Å². The maximum atomic E-state index is 13.1. The number of hydrogen-bond donors (Lipinski definition) is 1. The zero-order chi connectivity index (χ0) is 24.3. The van der Waals surface area contributed by atoms with Gasteiger partial charge in [-0.05, 0) is 42.3 Å². The number of aliphatic carboxylic acids is 1. The molecule has 2 aromatic rings. The van der Waals surface area contributed by atoms with Crippen LogP contribution in [-0.2, 0) is 23.6 Å². The number of carboxylic acid groups (broad SMARTS) is 1. The van der Waals surface area contributed by atoms with Gasteiger partial charge >= 0.3 is 18.3 Å². The molecule has 0 aliphatic heterocycles. The molecule has 0 spiro atoms. The topological polar surface area (TPSA) is 57.6 Å². The zero-order valence-electron chi connectivity index (χ0n) is 16.3. The van der Waals surface area contributed by atoms with Gasteiger partial charge in [-0.25, -0.2) is 4.79 Å². The average molecular weight is 480 g/mol. The van der Waals surface area contributed by atoms with Crippen LogP contribution in [0.3, 0.4) is 0 Å². The monoisotopic (exact) mass is 479 g/mol. The largest absolute Gasteiger partial charge is 0.478 e. The maximum absolute atomic E-state index is 13.1. The number of carbonyl (C=O) groups is 2. The van der Waals surface area contributed by atoms with Gasteiger partial charge in [-0.3, -0.25) is 4.79 Å². The fourth-order valence-corrected chi connectivity index (χ4v) is 2.95. The number of alkyl halides is 6. The third kappa shape index (κ3) is 6.74. The molecule has 0 aliphatic rings. The Morgan fingerprint density at radius 1 is 1.00 bits per heavy atom. The van der Waals surface area contributed by atoms with Gasteiger partial charge in [0, 0.05) is 23.7 Å². The first kappa shape index (κ1) is 25.3. The summed E-state index contributed by atoms with van der Waals surface area (Å²) in [5.74, 6) is -2.49. The Balaban J connectivity index is 2.46. The number of hydrogen-bond acceptors (Lipinski definition) is 2. The van der Waals surface area contributed by atoms with Gasteiger partial charge in [0.25, 0.3) is 5.91 Å². The highest BCUT2D eigenvalue weighted by molar-refractivity contribution is 6.30. The highest BCUT2D eigenvalue weighted by Crippen LogP contribution is 2.36. The van der Waals surface area contributed by atoms with E-state index in [9.17, 15) is 35.9 Å². The quantitative estimate of drug-likeness (QED) is 0.427. The van der Waals surface area contributed by atoms with E-state index < -0.39 is 47.0 Å². The van der Waals surface area contributed by atoms with Crippen LogP contribution in [0.5, 0.6) is 0 Å². The first-order valence-electron chi connectivity index (χ1n) is 8.90. The second kappa shape index (κ2) is 9.64. The minimum Gasteiger partial charge on any atom is -0.478 e. The minimum atomic E-state index is -5.11. The molecule has 2 rings (SSSR count). The van der Waals surface area contributed by atoms with E-state index in [4.69, 9.17) is 16.7 Å². The lowest BCUT2D eigenvalue weighted by atomic mass is 10.0. The molecule has 4 nitrogen and oxygen atoms in total. The lowest BCUT2D eigenvalue weighted by Crippen LogP contribution is -2.37. The van der Waals surface area contributed by atoms with E-state index in [0.29, 0.717) is 22.7 Å². The molecular formula is C21H16ClF6NO3. The summed E-state index contributed by atoms with van der Waals surface area (Å²) in [6.07, 6.45) is -8.33. The van der Waals surface area contributed by atoms with Crippen LogP contribution in [0, 0.1) is 0 Å². The van der Waals surface area contributed by atoms with Crippen molar-refractivity contribution < 1.29 is 41.0 Å². The van der Waals surface area contributed by atoms with Crippen molar-refractivity contribution in [2.75, 3.05) is 7.05 Å². The van der Waals surface area contributed by atoms with E-state index >= 15 is 0 Å². The van der Waals surface area contributed by atoms with E-state index in [0.717, 1.165) is 24.1 Å². The average Bonchev–Trinajstić information content (AvgIpc) is 2.69. The molecule has 0 radical (unpaired) electrons. The van der Waals surface area contributed by atoms with Gasteiger partial charge in [0.2, 0.25) is 0 Å². The van der Waals surface area contributed by atoms with Gasteiger partial charge < -0.3 is 10.0 Å². The Morgan fingerprint density at radius 2 is 1.50 bits per heavy atom. The molecule has 1 N–H and O–H groups in total. The van der Waals surface area contributed by atoms with Gasteiger partial charge in [-0.15, -0.1) is 0 Å². The number of carboxylic acids is 1. The molecule has 172 valence electrons. The van der Waals surface area contributed by atoms with Crippen LogP contribution in [0.2, 0.25) is 5.02 Å². The van der Waals surface area contributed by atoms with E-state index in [1.165, 1.54) is 0 Å². The smallest absolute Gasteiger partial charge is 0.416 e. The molecule has 1 amide bonds. The lowest BCUT2D eigenvalue weighted by Gasteiger charge is -2.27. The van der Waals surface area contributed by atoms with Gasteiger partial charge in [-0.2, -0.15) is 26.3 Å². The van der Waals surface area contributed by atoms with Crippen LogP contribution in [0.4, 0.5) is 26.3 Å². The summed E-state index contributed by atoms with van der Waals surface area (Å²) in [6.45, 7) is 0. The minimum absolute atomic E-state index is 0.0360. The van der Waals surface area contributed by atoms with Crippen LogP contribution in [-0.4, -0.2) is 35.0 Å². The number of carbonyl (C=O) groups excluding carboxylic acids is 1. The van der Waals surface area contributed by atoms with Crippen molar-refractivity contribution >= 4 is 23.5 Å². The SMILES string of the molecule is CN(C(=O)c1cc(C(F)(F)F)cc(C(F)(F)F)c1)C(C=CC(=O)O)Cc1ccc(Cl)cc1. The van der Waals surface area contributed by atoms with Crippen LogP contribution in [0.1, 0.15) is 27.0 Å². The molecule has 0 saturated carbocycles. The normalized spacial score (nSPS) is 13.2. The molecule has 0 fully saturated rings. The Morgan fingerprint density at radius 3 is 1.94 bits per heavy atom. The van der Waals surface area contributed by atoms with E-state index in [1.807, 2.05) is 0 Å². The molecule has 11 heteroatoms. The van der Waals surface area contributed by atoms with Gasteiger partial charge in [0.1, 0.15) is 0 Å². The predicted molar refractivity (Wildman–Crippen MR) is 104 cm³/mol. The van der Waals surface area contributed by atoms with Gasteiger partial charge in [0.15, 0.2) is 0 Å². The summed E-state index contributed by atoms with van der Waals surface area (Å²) in [4.78, 5) is 24.6. The zero-order valence-corrected chi connectivity index (χ0v) is 17.1. The molecule has 0 bridgehead atoms. The van der Waals surface area contributed by atoms with E-state index in [2.05, 4.69) is 0 Å². The molecular weight excluding hydrogens is 464 g/mol. The van der Waals surface area contributed by atoms with Crippen molar-refractivity contribution in [3.05, 3.63) is 81.9 Å². The predicted octanol–water partition coefficient (Wildman–Crippen LogP) is 5.70. The van der Waals surface area contributed by atoms with Crippen molar-refractivity contribution in [2.24, 2.45) is 0 Å². The fraction of sp³-hybridized carbons (Fsp3) is 0.238. The Bertz CT molecular complexity index is 983. The Kier molecular flexibility index (Phi) is 7.61. The van der Waals surface area contributed by atoms with Crippen molar-refractivity contribution in [2.45, 2.75) is 24.8 Å². The van der Waals surface area contributed by atoms with Crippen molar-refractivity contribution in [3.8, 4) is 0 Å². The Labute approximate surface area is 183 Å². The number of benzene rings is 2. The standard InChI is InChI=1S/C21H16ClF6NO3/c1-29(17(6-7-18(30)31)8-12-2-4-16(22)5-3-12)19(32)13-9-14(20(23,24)25)11-15(10-13)21(26,27)28/h2-7,9-11,17H,8H2,1H3,(H,30,31). The molecule has 2 aromatic carbocycles. The van der Waals surface area contributed by atoms with Crippen molar-refractivity contribution in [1.29, 1.82) is 0 Å². The summed E-state index contributed by atoms with van der Waals surface area (Å²) < 4.78 is 78.7. The van der Waals surface area contributed by atoms with Crippen LogP contribution < -0.4 is 0 Å². The number of halogens is 7. The molecule has 0 aromatic heterocycles. The summed E-state index contributed by atoms with van der Waals surface area (Å²) >= 11 is 5.81. The molecule has 0 heterocycles. The lowest BCUT2D eigenvalue weighted by molar-refractivity contribution is -0.143. The summed E-state index contributed by atoms with van der Waals surface area (Å²) in [7, 11) is 1.16. The molecule has 0 aliphatic carbocycles. The molecule has 1 unspecified atom stereocenters. The highest BCUT2D eigenvalue weighted by atomic mass is 35.5. The van der Waals surface area contributed by atoms with Gasteiger partial charge in [-0.1, -0.05) is 29.8 Å². The summed E-state index contributed by atoms with van der Waals surface area (Å²) in [5.41, 5.74) is -3.48. The highest BCUT2D eigenvalue weighted by Gasteiger charge is 2.38. The van der Waals surface area contributed by atoms with E-state index in [-0.39, 0.29) is 12.5 Å². The fourth-order valence-electron chi connectivity index (χ4n) is 2.82. The summed E-state index contributed by atoms with van der Waals surface area (Å²) in [6, 6.07) is 5.86. The first-order chi connectivity index (χ1) is 14.7. The van der Waals surface area contributed by atoms with Crippen molar-refractivity contribution in [1.82, 2.24) is 4.90 Å². The molecule has 32 heavy (non-hydrogen) atoms. The molecule has 1 atom stereocenters. The number of rotatable bonds is 6. The third-order valence-electron chi connectivity index (χ3n) is 4.47. The Hall–Kier alpha value is -3.01. The summed E-state index contributed by atoms with van der Waals surface area (Å²) in [5, 5.41) is 9.31. The van der Waals surface area contributed by atoms with Gasteiger partial charge in [0.05, 0.1) is 17.2 Å². The second-order valence-corrected chi connectivity index (χ2v) is 7.24. The maximum Gasteiger partial charge on any atom is 0.416 e. The van der Waals surface area contributed by atoms with Crippen LogP contribution >= 0.6 is 11.6 Å². The van der Waals surface area contributed by atoms with Crippen LogP contribution in [0.15, 0.2) is 54.6 Å². The first-order valence-corrected chi connectivity index (χ1v) is 9.28. The number of nitrogens with zero attached hydrogens (tertiary/aromatic N) is 1. The number of likely N-dealkylation sites (N-methyl/N-ethyl adjacent to an activating group) is 1. The molecule has 0 saturated heterocycles.